The summed E-state index contributed by atoms with van der Waals surface area (Å²) in [6.07, 6.45) is 0. The fourth-order valence-electron chi connectivity index (χ4n) is 2.31. The van der Waals surface area contributed by atoms with Crippen molar-refractivity contribution in [2.24, 2.45) is 0 Å². The summed E-state index contributed by atoms with van der Waals surface area (Å²) in [5, 5.41) is -0.250. The molecule has 3 aromatic carbocycles. The molecule has 0 saturated carbocycles. The van der Waals surface area contributed by atoms with Crippen molar-refractivity contribution < 1.29 is 4.79 Å². The van der Waals surface area contributed by atoms with E-state index in [1.54, 1.807) is 9.37 Å². The standard InChI is InChI=1S/3C6H5.C2H4OS.Pb/c3*1-2-4-6-5-3-1;1-2(3)4;/h3*1-5H;1H3,(H,3,4);/p-1. The summed E-state index contributed by atoms with van der Waals surface area (Å²) >= 11 is 1.81. The topological polar surface area (TPSA) is 17.1 Å². The van der Waals surface area contributed by atoms with Crippen molar-refractivity contribution in [3.8, 4) is 0 Å². The molecule has 0 fully saturated rings. The van der Waals surface area contributed by atoms with Crippen LogP contribution < -0.4 is 9.37 Å². The Morgan fingerprint density at radius 1 is 0.652 bits per heavy atom. The molecule has 0 spiro atoms. The zero-order valence-corrected chi connectivity index (χ0v) is 17.7. The minimum absolute atomic E-state index is 0.250. The van der Waals surface area contributed by atoms with Gasteiger partial charge in [0.1, 0.15) is 0 Å². The number of rotatable bonds is 3. The molecule has 0 saturated heterocycles. The molecule has 0 unspecified atom stereocenters. The third-order valence-electron chi connectivity index (χ3n) is 3.19. The molecule has 23 heavy (non-hydrogen) atoms. The Morgan fingerprint density at radius 3 is 1.09 bits per heavy atom. The predicted molar refractivity (Wildman–Crippen MR) is 102 cm³/mol. The molecule has 0 atom stereocenters. The van der Waals surface area contributed by atoms with Crippen molar-refractivity contribution in [3.63, 3.8) is 0 Å². The van der Waals surface area contributed by atoms with Crippen molar-refractivity contribution in [2.75, 3.05) is 0 Å². The van der Waals surface area contributed by atoms with E-state index in [9.17, 15) is 4.79 Å². The van der Waals surface area contributed by atoms with E-state index in [4.69, 9.17) is 0 Å². The van der Waals surface area contributed by atoms with Crippen molar-refractivity contribution in [3.05, 3.63) is 91.0 Å². The van der Waals surface area contributed by atoms with Gasteiger partial charge in [-0.1, -0.05) is 0 Å². The molecule has 3 heteroatoms. The zero-order chi connectivity index (χ0) is 16.5. The molecule has 1 nitrogen and oxygen atoms in total. The monoisotopic (exact) mass is 514 g/mol. The fraction of sp³-hybridized carbons (Fsp3) is 0.0500. The molecule has 115 valence electrons. The summed E-state index contributed by atoms with van der Waals surface area (Å²) in [4.78, 5) is 9.26. The van der Waals surface area contributed by atoms with Crippen molar-refractivity contribution >= 4 is 49.8 Å². The Labute approximate surface area is 151 Å². The van der Waals surface area contributed by atoms with Crippen LogP contribution in [0, 0.1) is 0 Å². The van der Waals surface area contributed by atoms with E-state index in [0.717, 1.165) is 0 Å². The fourth-order valence-corrected chi connectivity index (χ4v) is 12.3. The van der Waals surface area contributed by atoms with Crippen LogP contribution in [-0.4, -0.2) is 27.8 Å². The van der Waals surface area contributed by atoms with Gasteiger partial charge in [0.2, 0.25) is 0 Å². The molecule has 0 heterocycles. The van der Waals surface area contributed by atoms with Gasteiger partial charge in [-0.05, 0) is 6.92 Å². The number of carbonyl (C=O) groups is 1. The van der Waals surface area contributed by atoms with Gasteiger partial charge in [-0.2, -0.15) is 0 Å². The average molecular weight is 514 g/mol. The first-order valence-corrected chi connectivity index (χ1v) is 13.6. The number of carbonyl (C=O) groups excluding carboxylic acids is 1. The first kappa shape index (κ1) is 17.8. The Bertz CT molecular complexity index is 616. The first-order valence-electron chi connectivity index (χ1n) is 7.39. The van der Waals surface area contributed by atoms with Gasteiger partial charge < -0.3 is 17.4 Å². The summed E-state index contributed by atoms with van der Waals surface area (Å²) in [6, 6.07) is 33.0. The van der Waals surface area contributed by atoms with Crippen LogP contribution in [0.15, 0.2) is 91.0 Å². The van der Waals surface area contributed by atoms with Crippen molar-refractivity contribution in [1.82, 2.24) is 0 Å². The van der Waals surface area contributed by atoms with Crippen LogP contribution in [0.5, 0.6) is 0 Å². The van der Waals surface area contributed by atoms with E-state index < -0.39 is 22.7 Å². The zero-order valence-electron chi connectivity index (χ0n) is 13.0. The molecular weight excluding hydrogens is 495 g/mol. The van der Waals surface area contributed by atoms with Crippen LogP contribution in [0.1, 0.15) is 6.92 Å². The molecular formula is C20H18OPbS-. The van der Waals surface area contributed by atoms with Crippen molar-refractivity contribution in [1.29, 1.82) is 0 Å². The molecule has 0 aliphatic rings. The van der Waals surface area contributed by atoms with Crippen LogP contribution in [0.2, 0.25) is 0 Å². The maximum atomic E-state index is 9.26. The Hall–Kier alpha value is -1.53. The van der Waals surface area contributed by atoms with Crippen LogP contribution in [0.25, 0.3) is 0 Å². The summed E-state index contributed by atoms with van der Waals surface area (Å²) in [7, 11) is 0. The van der Waals surface area contributed by atoms with Crippen LogP contribution >= 0.6 is 0 Å². The first-order chi connectivity index (χ1) is 11.2. The average Bonchev–Trinajstić information content (AvgIpc) is 2.58. The Balaban J connectivity index is 0.000000433. The number of hydrogen-bond donors (Lipinski definition) is 0. The summed E-state index contributed by atoms with van der Waals surface area (Å²) in [5.41, 5.74) is 0. The molecule has 3 aromatic rings. The van der Waals surface area contributed by atoms with E-state index >= 15 is 0 Å². The van der Waals surface area contributed by atoms with Crippen LogP contribution in [-0.2, 0) is 17.4 Å². The molecule has 0 aromatic heterocycles. The second-order valence-electron chi connectivity index (χ2n) is 4.96. The van der Waals surface area contributed by atoms with Gasteiger partial charge in [0, 0.05) is 5.12 Å². The van der Waals surface area contributed by atoms with Gasteiger partial charge in [0.05, 0.1) is 0 Å². The molecule has 0 aliphatic heterocycles. The van der Waals surface area contributed by atoms with Crippen molar-refractivity contribution in [2.45, 2.75) is 6.92 Å². The van der Waals surface area contributed by atoms with Crippen LogP contribution in [0.3, 0.4) is 0 Å². The Morgan fingerprint density at radius 2 is 0.870 bits per heavy atom. The Kier molecular flexibility index (Phi) is 7.42. The van der Waals surface area contributed by atoms with Gasteiger partial charge in [-0.3, -0.25) is 0 Å². The summed E-state index contributed by atoms with van der Waals surface area (Å²) < 4.78 is 4.64. The molecule has 0 aliphatic carbocycles. The van der Waals surface area contributed by atoms with Crippen LogP contribution in [0.4, 0.5) is 0 Å². The van der Waals surface area contributed by atoms with E-state index in [2.05, 4.69) is 104 Å². The van der Waals surface area contributed by atoms with E-state index in [1.807, 2.05) is 0 Å². The van der Waals surface area contributed by atoms with Gasteiger partial charge in [-0.15, -0.1) is 0 Å². The molecule has 3 rings (SSSR count). The SMILES string of the molecule is CC(=O)[S-].c1cc[c]([Pb]([c]2ccccc2)[c]2ccccc2)cc1. The van der Waals surface area contributed by atoms with E-state index in [-0.39, 0.29) is 5.12 Å². The molecule has 0 N–H and O–H groups in total. The van der Waals surface area contributed by atoms with E-state index in [0.29, 0.717) is 0 Å². The second kappa shape index (κ2) is 9.58. The molecule has 0 bridgehead atoms. The molecule has 1 radical (unpaired) electrons. The maximum absolute atomic E-state index is 9.26. The molecule has 0 amide bonds. The normalized spacial score (nSPS) is 9.83. The number of hydrogen-bond acceptors (Lipinski definition) is 2. The second-order valence-corrected chi connectivity index (χ2v) is 15.2. The quantitative estimate of drug-likeness (QED) is 0.395. The van der Waals surface area contributed by atoms with Gasteiger partial charge >= 0.3 is 123 Å². The minimum atomic E-state index is -2.17. The van der Waals surface area contributed by atoms with E-state index in [1.165, 1.54) is 6.92 Å². The predicted octanol–water partition coefficient (Wildman–Crippen LogP) is 2.28. The third-order valence-corrected chi connectivity index (χ3v) is 13.8. The third kappa shape index (κ3) is 5.88. The van der Waals surface area contributed by atoms with Gasteiger partial charge in [0.15, 0.2) is 0 Å². The van der Waals surface area contributed by atoms with Gasteiger partial charge in [-0.25, -0.2) is 0 Å². The number of benzene rings is 3. The summed E-state index contributed by atoms with van der Waals surface area (Å²) in [5.74, 6) is 0. The van der Waals surface area contributed by atoms with Gasteiger partial charge in [0.25, 0.3) is 0 Å². The summed E-state index contributed by atoms with van der Waals surface area (Å²) in [6.45, 7) is 1.34.